The van der Waals surface area contributed by atoms with Gasteiger partial charge in [0.1, 0.15) is 15.6 Å². The number of hydrogen-bond donors (Lipinski definition) is 1. The van der Waals surface area contributed by atoms with Gasteiger partial charge in [0.25, 0.3) is 0 Å². The Morgan fingerprint density at radius 3 is 2.68 bits per heavy atom. The van der Waals surface area contributed by atoms with Crippen molar-refractivity contribution in [2.75, 3.05) is 18.1 Å². The van der Waals surface area contributed by atoms with Gasteiger partial charge in [-0.2, -0.15) is 0 Å². The van der Waals surface area contributed by atoms with Gasteiger partial charge in [0, 0.05) is 16.6 Å². The maximum Gasteiger partial charge on any atom is 0.228 e. The molecule has 2 aliphatic heterocycles. The number of nitrogens with one attached hydrogen (secondary N) is 1. The molecule has 1 atom stereocenters. The largest absolute Gasteiger partial charge is 0.493 e. The summed E-state index contributed by atoms with van der Waals surface area (Å²) in [6, 6.07) is 5.23. The van der Waals surface area contributed by atoms with Crippen molar-refractivity contribution in [3.05, 3.63) is 28.8 Å². The van der Waals surface area contributed by atoms with Crippen LogP contribution in [0.2, 0.25) is 5.02 Å². The van der Waals surface area contributed by atoms with Gasteiger partial charge in [-0.15, -0.1) is 0 Å². The van der Waals surface area contributed by atoms with Gasteiger partial charge < -0.3 is 10.1 Å². The molecule has 0 spiro atoms. The average molecular weight is 344 g/mol. The lowest BCUT2D eigenvalue weighted by molar-refractivity contribution is -0.124. The molecule has 0 radical (unpaired) electrons. The van der Waals surface area contributed by atoms with Crippen LogP contribution in [0.3, 0.4) is 0 Å². The van der Waals surface area contributed by atoms with Crippen LogP contribution in [0.15, 0.2) is 18.2 Å². The highest BCUT2D eigenvalue weighted by Crippen LogP contribution is 2.35. The van der Waals surface area contributed by atoms with Crippen molar-refractivity contribution in [3.63, 3.8) is 0 Å². The molecule has 0 bridgehead atoms. The van der Waals surface area contributed by atoms with Gasteiger partial charge in [-0.25, -0.2) is 8.42 Å². The van der Waals surface area contributed by atoms with Crippen LogP contribution in [0.5, 0.6) is 5.75 Å². The standard InChI is InChI=1S/C15H18ClNO4S/c16-10-1-2-14-13(9-10)12(3-6-21-14)15(18)17-11-4-7-22(19,20)8-5-11/h1-2,9,11-12H,3-8H2,(H,17,18). The van der Waals surface area contributed by atoms with Crippen LogP contribution in [-0.2, 0) is 14.6 Å². The summed E-state index contributed by atoms with van der Waals surface area (Å²) in [4.78, 5) is 12.5. The Balaban J connectivity index is 1.70. The van der Waals surface area contributed by atoms with Gasteiger partial charge in [-0.05, 0) is 37.5 Å². The molecule has 3 rings (SSSR count). The van der Waals surface area contributed by atoms with Crippen LogP contribution in [0.25, 0.3) is 0 Å². The van der Waals surface area contributed by atoms with Crippen LogP contribution in [-0.4, -0.2) is 38.5 Å². The lowest BCUT2D eigenvalue weighted by Crippen LogP contribution is -2.43. The molecule has 2 heterocycles. The highest BCUT2D eigenvalue weighted by Gasteiger charge is 2.31. The molecule has 1 unspecified atom stereocenters. The van der Waals surface area contributed by atoms with Crippen LogP contribution in [0.4, 0.5) is 0 Å². The molecule has 7 heteroatoms. The summed E-state index contributed by atoms with van der Waals surface area (Å²) in [7, 11) is -2.92. The number of hydrogen-bond acceptors (Lipinski definition) is 4. The minimum atomic E-state index is -2.92. The average Bonchev–Trinajstić information content (AvgIpc) is 2.48. The van der Waals surface area contributed by atoms with Crippen LogP contribution in [0.1, 0.15) is 30.7 Å². The number of fused-ring (bicyclic) bond motifs is 1. The minimum absolute atomic E-state index is 0.0681. The zero-order chi connectivity index (χ0) is 15.7. The van der Waals surface area contributed by atoms with E-state index in [0.717, 1.165) is 5.56 Å². The van der Waals surface area contributed by atoms with Crippen molar-refractivity contribution in [3.8, 4) is 5.75 Å². The SMILES string of the molecule is O=C(NC1CCS(=O)(=O)CC1)C1CCOc2ccc(Cl)cc21. The molecule has 1 N–H and O–H groups in total. The normalized spacial score (nSPS) is 24.1. The number of rotatable bonds is 2. The molecule has 2 aliphatic rings. The third kappa shape index (κ3) is 3.38. The molecular weight excluding hydrogens is 326 g/mol. The monoisotopic (exact) mass is 343 g/mol. The molecule has 5 nitrogen and oxygen atoms in total. The van der Waals surface area contributed by atoms with E-state index in [-0.39, 0.29) is 29.4 Å². The lowest BCUT2D eigenvalue weighted by atomic mass is 9.92. The zero-order valence-electron chi connectivity index (χ0n) is 12.0. The first kappa shape index (κ1) is 15.6. The fourth-order valence-corrected chi connectivity index (χ4v) is 4.65. The van der Waals surface area contributed by atoms with Crippen molar-refractivity contribution in [1.29, 1.82) is 0 Å². The number of halogens is 1. The lowest BCUT2D eigenvalue weighted by Gasteiger charge is -2.29. The number of sulfone groups is 1. The maximum absolute atomic E-state index is 12.5. The molecule has 1 saturated heterocycles. The van der Waals surface area contributed by atoms with Gasteiger partial charge in [-0.3, -0.25) is 4.79 Å². The van der Waals surface area contributed by atoms with Gasteiger partial charge in [0.15, 0.2) is 0 Å². The Hall–Kier alpha value is -1.27. The number of benzene rings is 1. The number of amides is 1. The van der Waals surface area contributed by atoms with Gasteiger partial charge in [0.2, 0.25) is 5.91 Å². The number of carbonyl (C=O) groups is 1. The van der Waals surface area contributed by atoms with E-state index in [9.17, 15) is 13.2 Å². The Labute approximate surface area is 134 Å². The summed E-state index contributed by atoms with van der Waals surface area (Å²) in [5, 5.41) is 3.56. The van der Waals surface area contributed by atoms with Gasteiger partial charge >= 0.3 is 0 Å². The topological polar surface area (TPSA) is 72.5 Å². The van der Waals surface area contributed by atoms with E-state index in [1.807, 2.05) is 0 Å². The Bertz CT molecular complexity index is 675. The van der Waals surface area contributed by atoms with E-state index in [1.54, 1.807) is 18.2 Å². The molecule has 1 aromatic carbocycles. The van der Waals surface area contributed by atoms with Gasteiger partial charge in [0.05, 0.1) is 24.0 Å². The fraction of sp³-hybridized carbons (Fsp3) is 0.533. The van der Waals surface area contributed by atoms with Crippen LogP contribution in [0, 0.1) is 0 Å². The molecule has 1 aromatic rings. The van der Waals surface area contributed by atoms with E-state index in [0.29, 0.717) is 36.6 Å². The zero-order valence-corrected chi connectivity index (χ0v) is 13.6. The smallest absolute Gasteiger partial charge is 0.228 e. The predicted octanol–water partition coefficient (Wildman–Crippen LogP) is 1.90. The summed E-state index contributed by atoms with van der Waals surface area (Å²) in [6.07, 6.45) is 1.57. The summed E-state index contributed by atoms with van der Waals surface area (Å²) in [5.41, 5.74) is 0.805. The molecule has 0 aliphatic carbocycles. The Morgan fingerprint density at radius 2 is 1.95 bits per heavy atom. The quantitative estimate of drug-likeness (QED) is 0.890. The van der Waals surface area contributed by atoms with E-state index < -0.39 is 9.84 Å². The van der Waals surface area contributed by atoms with Crippen LogP contribution < -0.4 is 10.1 Å². The fourth-order valence-electron chi connectivity index (χ4n) is 2.97. The Kier molecular flexibility index (Phi) is 4.32. The highest BCUT2D eigenvalue weighted by atomic mass is 35.5. The maximum atomic E-state index is 12.5. The first-order chi connectivity index (χ1) is 10.4. The molecule has 1 amide bonds. The van der Waals surface area contributed by atoms with Crippen molar-refractivity contribution in [2.24, 2.45) is 0 Å². The second-order valence-electron chi connectivity index (χ2n) is 5.81. The van der Waals surface area contributed by atoms with E-state index in [4.69, 9.17) is 16.3 Å². The van der Waals surface area contributed by atoms with E-state index in [2.05, 4.69) is 5.32 Å². The molecule has 1 fully saturated rings. The van der Waals surface area contributed by atoms with E-state index >= 15 is 0 Å². The minimum Gasteiger partial charge on any atom is -0.493 e. The Morgan fingerprint density at radius 1 is 1.23 bits per heavy atom. The molecule has 120 valence electrons. The molecule has 22 heavy (non-hydrogen) atoms. The third-order valence-electron chi connectivity index (χ3n) is 4.23. The van der Waals surface area contributed by atoms with E-state index in [1.165, 1.54) is 0 Å². The first-order valence-corrected chi connectivity index (χ1v) is 9.57. The summed E-state index contributed by atoms with van der Waals surface area (Å²) >= 11 is 6.02. The molecular formula is C15H18ClNO4S. The van der Waals surface area contributed by atoms with Gasteiger partial charge in [-0.1, -0.05) is 11.6 Å². The first-order valence-electron chi connectivity index (χ1n) is 7.38. The third-order valence-corrected chi connectivity index (χ3v) is 6.18. The van der Waals surface area contributed by atoms with Crippen molar-refractivity contribution >= 4 is 27.3 Å². The summed E-state index contributed by atoms with van der Waals surface area (Å²) < 4.78 is 28.4. The van der Waals surface area contributed by atoms with Crippen molar-refractivity contribution in [1.82, 2.24) is 5.32 Å². The highest BCUT2D eigenvalue weighted by molar-refractivity contribution is 7.91. The summed E-state index contributed by atoms with van der Waals surface area (Å²) in [6.45, 7) is 0.492. The summed E-state index contributed by atoms with van der Waals surface area (Å²) in [5.74, 6) is 0.626. The number of carbonyl (C=O) groups excluding carboxylic acids is 1. The predicted molar refractivity (Wildman–Crippen MR) is 84.1 cm³/mol. The van der Waals surface area contributed by atoms with Crippen molar-refractivity contribution < 1.29 is 17.9 Å². The second kappa shape index (κ2) is 6.08. The van der Waals surface area contributed by atoms with Crippen molar-refractivity contribution in [2.45, 2.75) is 31.2 Å². The molecule has 0 aromatic heterocycles. The van der Waals surface area contributed by atoms with Crippen LogP contribution >= 0.6 is 11.6 Å². The number of ether oxygens (including phenoxy) is 1. The second-order valence-corrected chi connectivity index (χ2v) is 8.55. The molecule has 0 saturated carbocycles.